The first-order valence-corrected chi connectivity index (χ1v) is 22.0. The summed E-state index contributed by atoms with van der Waals surface area (Å²) in [4.78, 5) is 12.8. The number of carbonyl (C=O) groups excluding carboxylic acids is 1. The van der Waals surface area contributed by atoms with Crippen molar-refractivity contribution in [2.24, 2.45) is 0 Å². The average molecular weight is 709 g/mol. The van der Waals surface area contributed by atoms with Gasteiger partial charge in [-0.2, -0.15) is 8.42 Å². The molecule has 0 saturated carbocycles. The van der Waals surface area contributed by atoms with Crippen LogP contribution in [0.5, 0.6) is 0 Å². The minimum atomic E-state index is -3.96. The molecule has 0 radical (unpaired) electrons. The molecule has 7 heteroatoms. The van der Waals surface area contributed by atoms with Crippen molar-refractivity contribution in [1.29, 1.82) is 0 Å². The van der Waals surface area contributed by atoms with E-state index in [-0.39, 0.29) is 24.1 Å². The second-order valence-corrected chi connectivity index (χ2v) is 15.9. The zero-order valence-corrected chi connectivity index (χ0v) is 33.0. The maximum absolute atomic E-state index is 12.8. The first-order chi connectivity index (χ1) is 23.9. The number of ether oxygens (including phenoxy) is 2. The molecule has 1 atom stereocenters. The molecule has 0 fully saturated rings. The first kappa shape index (κ1) is 45.6. The van der Waals surface area contributed by atoms with Crippen molar-refractivity contribution in [3.05, 3.63) is 29.8 Å². The maximum Gasteiger partial charge on any atom is 0.306 e. The number of rotatable bonds is 36. The van der Waals surface area contributed by atoms with Gasteiger partial charge >= 0.3 is 5.97 Å². The molecule has 286 valence electrons. The minimum Gasteiger partial charge on any atom is -0.457 e. The lowest BCUT2D eigenvalue weighted by Gasteiger charge is -2.18. The highest BCUT2D eigenvalue weighted by atomic mass is 32.2. The molecule has 1 aromatic carbocycles. The summed E-state index contributed by atoms with van der Waals surface area (Å²) in [5.74, 6) is -0.315. The van der Waals surface area contributed by atoms with E-state index in [1.165, 1.54) is 153 Å². The van der Waals surface area contributed by atoms with Gasteiger partial charge in [-0.1, -0.05) is 192 Å². The summed E-state index contributed by atoms with van der Waals surface area (Å²) in [6, 6.07) is 6.55. The summed E-state index contributed by atoms with van der Waals surface area (Å²) < 4.78 is 42.4. The number of carbonyl (C=O) groups is 1. The molecule has 0 aliphatic carbocycles. The van der Waals surface area contributed by atoms with Crippen molar-refractivity contribution in [3.8, 4) is 0 Å². The Labute approximate surface area is 303 Å². The molecule has 6 nitrogen and oxygen atoms in total. The van der Waals surface area contributed by atoms with Crippen molar-refractivity contribution >= 4 is 16.1 Å². The van der Waals surface area contributed by atoms with Crippen LogP contribution in [0.2, 0.25) is 0 Å². The maximum atomic E-state index is 12.8. The standard InChI is InChI=1S/C42H76O6S/c1-4-6-8-10-12-14-16-18-20-22-24-26-28-30-36-46-37-40(38-47-49(44,45)41-34-32-39(3)33-35-41)48-42(43)31-29-27-25-23-21-19-17-15-13-11-9-7-5-2/h32-35,40H,4-31,36-38H2,1-3H3. The highest BCUT2D eigenvalue weighted by Gasteiger charge is 2.21. The number of hydrogen-bond donors (Lipinski definition) is 0. The van der Waals surface area contributed by atoms with Crippen molar-refractivity contribution in [2.45, 2.75) is 212 Å². The quantitative estimate of drug-likeness (QED) is 0.0392. The molecule has 1 aromatic rings. The third kappa shape index (κ3) is 27.9. The van der Waals surface area contributed by atoms with Crippen LogP contribution in [0.4, 0.5) is 0 Å². The van der Waals surface area contributed by atoms with Gasteiger partial charge in [-0.25, -0.2) is 0 Å². The largest absolute Gasteiger partial charge is 0.457 e. The van der Waals surface area contributed by atoms with Gasteiger partial charge in [-0.05, 0) is 31.9 Å². The van der Waals surface area contributed by atoms with E-state index in [0.717, 1.165) is 37.7 Å². The van der Waals surface area contributed by atoms with Gasteiger partial charge in [0.15, 0.2) is 0 Å². The van der Waals surface area contributed by atoms with Crippen LogP contribution in [0.15, 0.2) is 29.2 Å². The van der Waals surface area contributed by atoms with Crippen LogP contribution in [-0.4, -0.2) is 40.3 Å². The molecule has 1 unspecified atom stereocenters. The Morgan fingerprint density at radius 3 is 1.37 bits per heavy atom. The number of esters is 1. The number of aryl methyl sites for hydroxylation is 1. The SMILES string of the molecule is CCCCCCCCCCCCCCCCOCC(COS(=O)(=O)c1ccc(C)cc1)OC(=O)CCCCCCCCCCCCCCC. The normalized spacial score (nSPS) is 12.4. The van der Waals surface area contributed by atoms with Crippen LogP contribution in [0.1, 0.15) is 199 Å². The molecule has 0 aliphatic heterocycles. The molecular weight excluding hydrogens is 633 g/mol. The van der Waals surface area contributed by atoms with Crippen molar-refractivity contribution in [3.63, 3.8) is 0 Å². The van der Waals surface area contributed by atoms with E-state index >= 15 is 0 Å². The number of benzene rings is 1. The summed E-state index contributed by atoms with van der Waals surface area (Å²) >= 11 is 0. The third-order valence-corrected chi connectivity index (χ3v) is 10.7. The van der Waals surface area contributed by atoms with Gasteiger partial charge in [0.2, 0.25) is 0 Å². The highest BCUT2D eigenvalue weighted by Crippen LogP contribution is 2.17. The second-order valence-electron chi connectivity index (χ2n) is 14.3. The third-order valence-electron chi connectivity index (χ3n) is 9.45. The molecule has 0 aromatic heterocycles. The Balaban J connectivity index is 2.26. The van der Waals surface area contributed by atoms with Gasteiger partial charge in [-0.3, -0.25) is 8.98 Å². The predicted molar refractivity (Wildman–Crippen MR) is 206 cm³/mol. The van der Waals surface area contributed by atoms with Gasteiger partial charge in [-0.15, -0.1) is 0 Å². The first-order valence-electron chi connectivity index (χ1n) is 20.6. The summed E-state index contributed by atoms with van der Waals surface area (Å²) in [6.45, 7) is 6.88. The van der Waals surface area contributed by atoms with Gasteiger partial charge < -0.3 is 9.47 Å². The van der Waals surface area contributed by atoms with Gasteiger partial charge in [0.1, 0.15) is 12.7 Å². The topological polar surface area (TPSA) is 78.9 Å². The molecule has 1 rings (SSSR count). The molecule has 49 heavy (non-hydrogen) atoms. The summed E-state index contributed by atoms with van der Waals surface area (Å²) in [5, 5.41) is 0. The zero-order valence-electron chi connectivity index (χ0n) is 32.2. The Morgan fingerprint density at radius 2 is 0.939 bits per heavy atom. The van der Waals surface area contributed by atoms with Gasteiger partial charge in [0.05, 0.1) is 11.5 Å². The molecule has 0 heterocycles. The van der Waals surface area contributed by atoms with E-state index in [4.69, 9.17) is 13.7 Å². The molecule has 0 aliphatic rings. The number of hydrogen-bond acceptors (Lipinski definition) is 6. The Bertz CT molecular complexity index is 977. The van der Waals surface area contributed by atoms with Crippen LogP contribution >= 0.6 is 0 Å². The molecular formula is C42H76O6S. The molecule has 0 spiro atoms. The fraction of sp³-hybridized carbons (Fsp3) is 0.833. The van der Waals surface area contributed by atoms with E-state index in [0.29, 0.717) is 13.0 Å². The Hall–Kier alpha value is -1.44. The average Bonchev–Trinajstić information content (AvgIpc) is 3.09. The van der Waals surface area contributed by atoms with Crippen molar-refractivity contribution in [2.75, 3.05) is 19.8 Å². The lowest BCUT2D eigenvalue weighted by atomic mass is 10.0. The van der Waals surface area contributed by atoms with E-state index in [9.17, 15) is 13.2 Å². The van der Waals surface area contributed by atoms with E-state index in [1.54, 1.807) is 12.1 Å². The second kappa shape index (κ2) is 32.5. The van der Waals surface area contributed by atoms with Gasteiger partial charge in [0.25, 0.3) is 10.1 Å². The molecule has 0 bridgehead atoms. The van der Waals surface area contributed by atoms with Gasteiger partial charge in [0, 0.05) is 13.0 Å². The number of unbranched alkanes of at least 4 members (excludes halogenated alkanes) is 25. The van der Waals surface area contributed by atoms with Crippen LogP contribution in [0, 0.1) is 6.92 Å². The Morgan fingerprint density at radius 1 is 0.551 bits per heavy atom. The zero-order chi connectivity index (χ0) is 35.7. The van der Waals surface area contributed by atoms with Crippen LogP contribution in [0.3, 0.4) is 0 Å². The van der Waals surface area contributed by atoms with Crippen molar-refractivity contribution in [1.82, 2.24) is 0 Å². The van der Waals surface area contributed by atoms with Crippen LogP contribution < -0.4 is 0 Å². The monoisotopic (exact) mass is 709 g/mol. The van der Waals surface area contributed by atoms with Crippen LogP contribution in [-0.2, 0) is 28.6 Å². The molecule has 0 N–H and O–H groups in total. The molecule has 0 saturated heterocycles. The summed E-state index contributed by atoms with van der Waals surface area (Å²) in [6.07, 6.45) is 34.0. The minimum absolute atomic E-state index is 0.0958. The van der Waals surface area contributed by atoms with E-state index < -0.39 is 16.2 Å². The summed E-state index contributed by atoms with van der Waals surface area (Å²) in [5.41, 5.74) is 0.968. The van der Waals surface area contributed by atoms with E-state index in [1.807, 2.05) is 6.92 Å². The van der Waals surface area contributed by atoms with Crippen LogP contribution in [0.25, 0.3) is 0 Å². The molecule has 0 amide bonds. The Kier molecular flexibility index (Phi) is 30.2. The lowest BCUT2D eigenvalue weighted by Crippen LogP contribution is -2.30. The lowest BCUT2D eigenvalue weighted by molar-refractivity contribution is -0.154. The fourth-order valence-corrected chi connectivity index (χ4v) is 7.14. The predicted octanol–water partition coefficient (Wildman–Crippen LogP) is 12.6. The smallest absolute Gasteiger partial charge is 0.306 e. The highest BCUT2D eigenvalue weighted by molar-refractivity contribution is 7.86. The van der Waals surface area contributed by atoms with E-state index in [2.05, 4.69) is 13.8 Å². The van der Waals surface area contributed by atoms with Crippen molar-refractivity contribution < 1.29 is 26.9 Å². The fourth-order valence-electron chi connectivity index (χ4n) is 6.20. The summed E-state index contributed by atoms with van der Waals surface area (Å²) in [7, 11) is -3.96.